The number of hydrogen-bond acceptors (Lipinski definition) is 1. The van der Waals surface area contributed by atoms with E-state index in [2.05, 4.69) is 24.2 Å². The molecule has 0 saturated heterocycles. The van der Waals surface area contributed by atoms with Crippen LogP contribution in [0.4, 0.5) is 0 Å². The Kier molecular flexibility index (Phi) is 2.55. The first-order valence-electron chi connectivity index (χ1n) is 4.47. The molecule has 2 aromatic rings. The van der Waals surface area contributed by atoms with Gasteiger partial charge >= 0.3 is 0 Å². The summed E-state index contributed by atoms with van der Waals surface area (Å²) in [6.45, 7) is 2.06. The molecule has 0 aliphatic rings. The summed E-state index contributed by atoms with van der Waals surface area (Å²) in [7, 11) is 0. The van der Waals surface area contributed by atoms with Gasteiger partial charge in [0, 0.05) is 6.20 Å². The molecule has 2 rings (SSSR count). The molecule has 14 heavy (non-hydrogen) atoms. The van der Waals surface area contributed by atoms with Crippen LogP contribution in [0.2, 0.25) is 0 Å². The highest BCUT2D eigenvalue weighted by molar-refractivity contribution is 6.16. The lowest BCUT2D eigenvalue weighted by Gasteiger charge is -2.05. The minimum atomic E-state index is 0.480. The number of aryl methyl sites for hydroxylation is 1. The van der Waals surface area contributed by atoms with Crippen LogP contribution in [0.5, 0.6) is 0 Å². The standard InChI is InChI=1S/C11H11ClN2/c1-9-2-4-10(5-3-9)14-11(8-12)6-7-13-14/h2-7H,8H2,1H3. The Labute approximate surface area is 88.1 Å². The summed E-state index contributed by atoms with van der Waals surface area (Å²) >= 11 is 5.79. The van der Waals surface area contributed by atoms with E-state index >= 15 is 0 Å². The number of rotatable bonds is 2. The molecular formula is C11H11ClN2. The Morgan fingerprint density at radius 3 is 2.57 bits per heavy atom. The van der Waals surface area contributed by atoms with Crippen molar-refractivity contribution >= 4 is 11.6 Å². The van der Waals surface area contributed by atoms with Crippen LogP contribution >= 0.6 is 11.6 Å². The van der Waals surface area contributed by atoms with Crippen LogP contribution < -0.4 is 0 Å². The molecule has 0 spiro atoms. The van der Waals surface area contributed by atoms with Gasteiger partial charge in [-0.1, -0.05) is 17.7 Å². The molecule has 0 atom stereocenters. The van der Waals surface area contributed by atoms with E-state index in [4.69, 9.17) is 11.6 Å². The van der Waals surface area contributed by atoms with Crippen LogP contribution in [0.1, 0.15) is 11.3 Å². The first kappa shape index (κ1) is 9.28. The lowest BCUT2D eigenvalue weighted by atomic mass is 10.2. The summed E-state index contributed by atoms with van der Waals surface area (Å²) in [5.41, 5.74) is 3.31. The highest BCUT2D eigenvalue weighted by Crippen LogP contribution is 2.12. The second-order valence-electron chi connectivity index (χ2n) is 3.20. The lowest BCUT2D eigenvalue weighted by Crippen LogP contribution is -1.99. The summed E-state index contributed by atoms with van der Waals surface area (Å²) in [6, 6.07) is 10.1. The lowest BCUT2D eigenvalue weighted by molar-refractivity contribution is 0.840. The van der Waals surface area contributed by atoms with Crippen molar-refractivity contribution in [3.8, 4) is 5.69 Å². The minimum Gasteiger partial charge on any atom is -0.237 e. The maximum Gasteiger partial charge on any atom is 0.0649 e. The van der Waals surface area contributed by atoms with E-state index in [1.54, 1.807) is 6.20 Å². The summed E-state index contributed by atoms with van der Waals surface area (Å²) < 4.78 is 1.85. The molecule has 0 amide bonds. The van der Waals surface area contributed by atoms with Crippen molar-refractivity contribution in [3.63, 3.8) is 0 Å². The normalized spacial score (nSPS) is 10.4. The van der Waals surface area contributed by atoms with E-state index in [9.17, 15) is 0 Å². The van der Waals surface area contributed by atoms with Crippen LogP contribution in [0.3, 0.4) is 0 Å². The van der Waals surface area contributed by atoms with E-state index < -0.39 is 0 Å². The van der Waals surface area contributed by atoms with Crippen LogP contribution in [-0.2, 0) is 5.88 Å². The first-order chi connectivity index (χ1) is 6.81. The molecule has 0 unspecified atom stereocenters. The van der Waals surface area contributed by atoms with Crippen molar-refractivity contribution in [2.24, 2.45) is 0 Å². The molecule has 0 bridgehead atoms. The van der Waals surface area contributed by atoms with Crippen molar-refractivity contribution in [2.75, 3.05) is 0 Å². The molecule has 0 fully saturated rings. The smallest absolute Gasteiger partial charge is 0.0649 e. The molecule has 3 heteroatoms. The largest absolute Gasteiger partial charge is 0.237 e. The number of hydrogen-bond donors (Lipinski definition) is 0. The zero-order valence-electron chi connectivity index (χ0n) is 7.94. The van der Waals surface area contributed by atoms with E-state index in [1.807, 2.05) is 22.9 Å². The van der Waals surface area contributed by atoms with Gasteiger partial charge in [-0.25, -0.2) is 4.68 Å². The Morgan fingerprint density at radius 1 is 1.21 bits per heavy atom. The highest BCUT2D eigenvalue weighted by Gasteiger charge is 2.02. The predicted octanol–water partition coefficient (Wildman–Crippen LogP) is 2.92. The second kappa shape index (κ2) is 3.84. The number of nitrogens with zero attached hydrogens (tertiary/aromatic N) is 2. The minimum absolute atomic E-state index is 0.480. The van der Waals surface area contributed by atoms with Crippen LogP contribution in [0.15, 0.2) is 36.5 Å². The third kappa shape index (κ3) is 1.66. The number of aromatic nitrogens is 2. The topological polar surface area (TPSA) is 17.8 Å². The average molecular weight is 207 g/mol. The maximum absolute atomic E-state index is 5.79. The number of alkyl halides is 1. The summed E-state index contributed by atoms with van der Waals surface area (Å²) in [5, 5.41) is 4.22. The van der Waals surface area contributed by atoms with Gasteiger partial charge in [0.05, 0.1) is 17.3 Å². The van der Waals surface area contributed by atoms with E-state index in [0.717, 1.165) is 11.4 Å². The molecule has 1 heterocycles. The van der Waals surface area contributed by atoms with Crippen LogP contribution in [0.25, 0.3) is 5.69 Å². The maximum atomic E-state index is 5.79. The zero-order valence-corrected chi connectivity index (χ0v) is 8.70. The van der Waals surface area contributed by atoms with E-state index in [0.29, 0.717) is 5.88 Å². The van der Waals surface area contributed by atoms with E-state index in [1.165, 1.54) is 5.56 Å². The summed E-state index contributed by atoms with van der Waals surface area (Å²) in [6.07, 6.45) is 1.76. The fraction of sp³-hybridized carbons (Fsp3) is 0.182. The number of benzene rings is 1. The molecule has 72 valence electrons. The van der Waals surface area contributed by atoms with Gasteiger partial charge in [0.2, 0.25) is 0 Å². The monoisotopic (exact) mass is 206 g/mol. The third-order valence-corrected chi connectivity index (χ3v) is 2.41. The Morgan fingerprint density at radius 2 is 1.93 bits per heavy atom. The Hall–Kier alpha value is -1.28. The van der Waals surface area contributed by atoms with Crippen molar-refractivity contribution in [1.82, 2.24) is 9.78 Å². The summed E-state index contributed by atoms with van der Waals surface area (Å²) in [5.74, 6) is 0.480. The molecule has 1 aromatic heterocycles. The summed E-state index contributed by atoms with van der Waals surface area (Å²) in [4.78, 5) is 0. The third-order valence-electron chi connectivity index (χ3n) is 2.14. The predicted molar refractivity (Wildman–Crippen MR) is 57.9 cm³/mol. The van der Waals surface area contributed by atoms with Crippen molar-refractivity contribution in [2.45, 2.75) is 12.8 Å². The van der Waals surface area contributed by atoms with Crippen molar-refractivity contribution in [1.29, 1.82) is 0 Å². The van der Waals surface area contributed by atoms with Gasteiger partial charge in [-0.2, -0.15) is 5.10 Å². The first-order valence-corrected chi connectivity index (χ1v) is 5.00. The zero-order chi connectivity index (χ0) is 9.97. The second-order valence-corrected chi connectivity index (χ2v) is 3.47. The molecule has 0 aliphatic carbocycles. The Balaban J connectivity index is 2.44. The van der Waals surface area contributed by atoms with Gasteiger partial charge in [0.15, 0.2) is 0 Å². The van der Waals surface area contributed by atoms with Gasteiger partial charge in [0.1, 0.15) is 0 Å². The highest BCUT2D eigenvalue weighted by atomic mass is 35.5. The van der Waals surface area contributed by atoms with Crippen molar-refractivity contribution in [3.05, 3.63) is 47.8 Å². The van der Waals surface area contributed by atoms with Gasteiger partial charge in [0.25, 0.3) is 0 Å². The van der Waals surface area contributed by atoms with E-state index in [-0.39, 0.29) is 0 Å². The molecule has 0 radical (unpaired) electrons. The van der Waals surface area contributed by atoms with Gasteiger partial charge in [-0.05, 0) is 25.1 Å². The van der Waals surface area contributed by atoms with Crippen LogP contribution in [-0.4, -0.2) is 9.78 Å². The Bertz CT molecular complexity index is 417. The average Bonchev–Trinajstić information content (AvgIpc) is 2.67. The van der Waals surface area contributed by atoms with Crippen LogP contribution in [0, 0.1) is 6.92 Å². The fourth-order valence-electron chi connectivity index (χ4n) is 1.35. The number of halogens is 1. The molecular weight excluding hydrogens is 196 g/mol. The van der Waals surface area contributed by atoms with Gasteiger partial charge in [-0.3, -0.25) is 0 Å². The van der Waals surface area contributed by atoms with Gasteiger partial charge < -0.3 is 0 Å². The van der Waals surface area contributed by atoms with Gasteiger partial charge in [-0.15, -0.1) is 11.6 Å². The molecule has 0 N–H and O–H groups in total. The molecule has 1 aromatic carbocycles. The quantitative estimate of drug-likeness (QED) is 0.691. The SMILES string of the molecule is Cc1ccc(-n2nccc2CCl)cc1. The molecule has 2 nitrogen and oxygen atoms in total. The molecule has 0 aliphatic heterocycles. The fourth-order valence-corrected chi connectivity index (χ4v) is 1.55. The van der Waals surface area contributed by atoms with Crippen molar-refractivity contribution < 1.29 is 0 Å². The molecule has 0 saturated carbocycles.